The third-order valence-corrected chi connectivity index (χ3v) is 3.31. The second-order valence-corrected chi connectivity index (χ2v) is 4.33. The van der Waals surface area contributed by atoms with E-state index in [9.17, 15) is 4.79 Å². The molecule has 1 fully saturated rings. The van der Waals surface area contributed by atoms with E-state index in [2.05, 4.69) is 20.7 Å². The Kier molecular flexibility index (Phi) is 3.20. The third-order valence-electron chi connectivity index (χ3n) is 2.74. The molecule has 0 spiro atoms. The Bertz CT molecular complexity index is 327. The summed E-state index contributed by atoms with van der Waals surface area (Å²) >= 11 is 6.10. The Hall–Kier alpha value is -1.10. The van der Waals surface area contributed by atoms with E-state index >= 15 is 0 Å². The van der Waals surface area contributed by atoms with Crippen molar-refractivity contribution in [2.24, 2.45) is 5.92 Å². The van der Waals surface area contributed by atoms with Gasteiger partial charge in [-0.3, -0.25) is 4.79 Å². The molecular formula is C9H13ClN4O. The van der Waals surface area contributed by atoms with E-state index in [1.807, 2.05) is 0 Å². The number of carbonyl (C=O) groups excluding carboxylic acids is 1. The molecule has 1 aliphatic carbocycles. The number of hydrogen-bond acceptors (Lipinski definition) is 3. The summed E-state index contributed by atoms with van der Waals surface area (Å²) in [6.45, 7) is 0.625. The van der Waals surface area contributed by atoms with Crippen LogP contribution >= 0.6 is 11.6 Å². The van der Waals surface area contributed by atoms with Crippen LogP contribution in [-0.2, 0) is 0 Å². The molecule has 1 aromatic rings. The highest BCUT2D eigenvalue weighted by Crippen LogP contribution is 2.29. The lowest BCUT2D eigenvalue weighted by molar-refractivity contribution is 0.0942. The second kappa shape index (κ2) is 4.61. The molecule has 2 unspecified atom stereocenters. The number of aromatic amines is 1. The minimum Gasteiger partial charge on any atom is -0.350 e. The molecule has 0 aromatic carbocycles. The molecule has 0 radical (unpaired) electrons. The summed E-state index contributed by atoms with van der Waals surface area (Å²) in [7, 11) is 0. The molecule has 5 nitrogen and oxygen atoms in total. The van der Waals surface area contributed by atoms with E-state index < -0.39 is 0 Å². The standard InChI is InChI=1S/C9H13ClN4O/c10-7-3-1-2-6(7)4-11-9(15)8-5-12-14-13-8/h5-7H,1-4H2,(H,11,15)(H,12,13,14). The van der Waals surface area contributed by atoms with Gasteiger partial charge in [-0.15, -0.1) is 11.6 Å². The zero-order valence-electron chi connectivity index (χ0n) is 8.24. The fourth-order valence-corrected chi connectivity index (χ4v) is 2.22. The maximum Gasteiger partial charge on any atom is 0.273 e. The van der Waals surface area contributed by atoms with Crippen LogP contribution in [0.4, 0.5) is 0 Å². The minimum atomic E-state index is -0.195. The zero-order chi connectivity index (χ0) is 10.7. The molecule has 2 N–H and O–H groups in total. The summed E-state index contributed by atoms with van der Waals surface area (Å²) < 4.78 is 0. The SMILES string of the molecule is O=C(NCC1CCCC1Cl)c1cn[nH]n1. The van der Waals surface area contributed by atoms with Crippen LogP contribution in [0.2, 0.25) is 0 Å². The number of alkyl halides is 1. The summed E-state index contributed by atoms with van der Waals surface area (Å²) in [4.78, 5) is 11.5. The maximum absolute atomic E-state index is 11.5. The van der Waals surface area contributed by atoms with Crippen molar-refractivity contribution in [3.63, 3.8) is 0 Å². The van der Waals surface area contributed by atoms with E-state index in [1.165, 1.54) is 6.20 Å². The van der Waals surface area contributed by atoms with E-state index in [1.54, 1.807) is 0 Å². The summed E-state index contributed by atoms with van der Waals surface area (Å²) in [5.74, 6) is 0.196. The Morgan fingerprint density at radius 2 is 2.53 bits per heavy atom. The number of nitrogens with zero attached hydrogens (tertiary/aromatic N) is 2. The summed E-state index contributed by atoms with van der Waals surface area (Å²) in [6, 6.07) is 0. The highest BCUT2D eigenvalue weighted by atomic mass is 35.5. The molecule has 1 aromatic heterocycles. The Morgan fingerprint density at radius 3 is 3.13 bits per heavy atom. The van der Waals surface area contributed by atoms with Gasteiger partial charge in [-0.1, -0.05) is 6.42 Å². The van der Waals surface area contributed by atoms with E-state index in [4.69, 9.17) is 11.6 Å². The fourth-order valence-electron chi connectivity index (χ4n) is 1.85. The molecule has 0 aliphatic heterocycles. The van der Waals surface area contributed by atoms with Crippen LogP contribution in [0.25, 0.3) is 0 Å². The number of aromatic nitrogens is 3. The topological polar surface area (TPSA) is 70.7 Å². The minimum absolute atomic E-state index is 0.195. The van der Waals surface area contributed by atoms with E-state index in [0.29, 0.717) is 18.2 Å². The molecule has 2 atom stereocenters. The van der Waals surface area contributed by atoms with Gasteiger partial charge in [-0.2, -0.15) is 15.4 Å². The molecule has 15 heavy (non-hydrogen) atoms. The van der Waals surface area contributed by atoms with Gasteiger partial charge in [-0.25, -0.2) is 0 Å². The van der Waals surface area contributed by atoms with Crippen molar-refractivity contribution in [2.75, 3.05) is 6.54 Å². The maximum atomic E-state index is 11.5. The van der Waals surface area contributed by atoms with Gasteiger partial charge < -0.3 is 5.32 Å². The second-order valence-electron chi connectivity index (χ2n) is 3.77. The molecule has 82 valence electrons. The number of nitrogens with one attached hydrogen (secondary N) is 2. The first-order valence-electron chi connectivity index (χ1n) is 5.05. The first kappa shape index (κ1) is 10.4. The van der Waals surface area contributed by atoms with Crippen LogP contribution in [-0.4, -0.2) is 33.2 Å². The van der Waals surface area contributed by atoms with Crippen molar-refractivity contribution in [2.45, 2.75) is 24.6 Å². The smallest absolute Gasteiger partial charge is 0.273 e. The lowest BCUT2D eigenvalue weighted by Crippen LogP contribution is -2.31. The first-order valence-corrected chi connectivity index (χ1v) is 5.49. The molecule has 6 heteroatoms. The average Bonchev–Trinajstić information content (AvgIpc) is 2.85. The van der Waals surface area contributed by atoms with Crippen molar-refractivity contribution in [3.05, 3.63) is 11.9 Å². The third kappa shape index (κ3) is 2.47. The van der Waals surface area contributed by atoms with E-state index in [-0.39, 0.29) is 11.3 Å². The molecule has 0 bridgehead atoms. The van der Waals surface area contributed by atoms with Crippen molar-refractivity contribution in [3.8, 4) is 0 Å². The molecular weight excluding hydrogens is 216 g/mol. The molecule has 1 saturated carbocycles. The molecule has 1 heterocycles. The molecule has 1 aliphatic rings. The number of carbonyl (C=O) groups is 1. The normalized spacial score (nSPS) is 25.4. The molecule has 2 rings (SSSR count). The summed E-state index contributed by atoms with van der Waals surface area (Å²) in [6.07, 6.45) is 4.69. The first-order chi connectivity index (χ1) is 7.27. The Labute approximate surface area is 92.6 Å². The largest absolute Gasteiger partial charge is 0.350 e. The number of halogens is 1. The van der Waals surface area contributed by atoms with Gasteiger partial charge >= 0.3 is 0 Å². The predicted octanol–water partition coefficient (Wildman–Crippen LogP) is 0.942. The van der Waals surface area contributed by atoms with Crippen LogP contribution < -0.4 is 5.32 Å². The lowest BCUT2D eigenvalue weighted by Gasteiger charge is -2.13. The van der Waals surface area contributed by atoms with Crippen LogP contribution in [0.5, 0.6) is 0 Å². The highest BCUT2D eigenvalue weighted by Gasteiger charge is 2.25. The van der Waals surface area contributed by atoms with E-state index in [0.717, 1.165) is 19.3 Å². The molecule has 0 saturated heterocycles. The monoisotopic (exact) mass is 228 g/mol. The van der Waals surface area contributed by atoms with Crippen molar-refractivity contribution in [1.29, 1.82) is 0 Å². The highest BCUT2D eigenvalue weighted by molar-refractivity contribution is 6.21. The number of rotatable bonds is 3. The Morgan fingerprint density at radius 1 is 1.67 bits per heavy atom. The quantitative estimate of drug-likeness (QED) is 0.757. The summed E-state index contributed by atoms with van der Waals surface area (Å²) in [5.41, 5.74) is 0.319. The number of hydrogen-bond donors (Lipinski definition) is 2. The average molecular weight is 229 g/mol. The van der Waals surface area contributed by atoms with Crippen LogP contribution in [0.1, 0.15) is 29.8 Å². The van der Waals surface area contributed by atoms with Crippen LogP contribution in [0, 0.1) is 5.92 Å². The lowest BCUT2D eigenvalue weighted by atomic mass is 10.1. The van der Waals surface area contributed by atoms with Crippen LogP contribution in [0.15, 0.2) is 6.20 Å². The molecule has 1 amide bonds. The van der Waals surface area contributed by atoms with Gasteiger partial charge in [0.1, 0.15) is 0 Å². The van der Waals surface area contributed by atoms with Crippen molar-refractivity contribution < 1.29 is 4.79 Å². The van der Waals surface area contributed by atoms with Gasteiger partial charge in [0.2, 0.25) is 0 Å². The van der Waals surface area contributed by atoms with Crippen LogP contribution in [0.3, 0.4) is 0 Å². The summed E-state index contributed by atoms with van der Waals surface area (Å²) in [5, 5.41) is 12.7. The zero-order valence-corrected chi connectivity index (χ0v) is 9.00. The number of amides is 1. The fraction of sp³-hybridized carbons (Fsp3) is 0.667. The Balaban J connectivity index is 1.81. The van der Waals surface area contributed by atoms with Gasteiger partial charge in [0.25, 0.3) is 5.91 Å². The van der Waals surface area contributed by atoms with Crippen molar-refractivity contribution >= 4 is 17.5 Å². The number of H-pyrrole nitrogens is 1. The van der Waals surface area contributed by atoms with Crippen molar-refractivity contribution in [1.82, 2.24) is 20.7 Å². The predicted molar refractivity (Wildman–Crippen MR) is 55.7 cm³/mol. The van der Waals surface area contributed by atoms with Gasteiger partial charge in [0.05, 0.1) is 6.20 Å². The van der Waals surface area contributed by atoms with Gasteiger partial charge in [0.15, 0.2) is 5.69 Å². The van der Waals surface area contributed by atoms with Gasteiger partial charge in [0, 0.05) is 11.9 Å². The van der Waals surface area contributed by atoms with Gasteiger partial charge in [-0.05, 0) is 18.8 Å².